The molecule has 0 aliphatic carbocycles. The standard InChI is InChI=1S/C20H16FN3/c21-17-6-1-14(2-7-17)3-8-18-9-4-16(12-22-18)15-5-10-19-20(11-15)24-13-23-19/h1-2,4-7,9-13H,3,8H2,(H,23,24). The highest BCUT2D eigenvalue weighted by molar-refractivity contribution is 5.81. The Morgan fingerprint density at radius 1 is 0.833 bits per heavy atom. The van der Waals surface area contributed by atoms with E-state index in [1.807, 2.05) is 24.4 Å². The monoisotopic (exact) mass is 317 g/mol. The lowest BCUT2D eigenvalue weighted by atomic mass is 10.0. The molecule has 0 radical (unpaired) electrons. The number of H-pyrrole nitrogens is 1. The maximum atomic E-state index is 12.9. The molecule has 2 aromatic carbocycles. The van der Waals surface area contributed by atoms with Gasteiger partial charge in [-0.05, 0) is 54.3 Å². The fraction of sp³-hybridized carbons (Fsp3) is 0.100. The van der Waals surface area contributed by atoms with Crippen molar-refractivity contribution in [3.8, 4) is 11.1 Å². The van der Waals surface area contributed by atoms with Gasteiger partial charge in [0, 0.05) is 17.5 Å². The summed E-state index contributed by atoms with van der Waals surface area (Å²) in [6.07, 6.45) is 5.29. The number of imidazole rings is 1. The molecular formula is C20H16FN3. The molecule has 0 saturated carbocycles. The van der Waals surface area contributed by atoms with Gasteiger partial charge in [-0.1, -0.05) is 24.3 Å². The Bertz CT molecular complexity index is 956. The summed E-state index contributed by atoms with van der Waals surface area (Å²) >= 11 is 0. The molecule has 2 aromatic heterocycles. The molecule has 0 aliphatic heterocycles. The van der Waals surface area contributed by atoms with Crippen LogP contribution in [0, 0.1) is 5.82 Å². The van der Waals surface area contributed by atoms with E-state index in [0.29, 0.717) is 0 Å². The molecular weight excluding hydrogens is 301 g/mol. The van der Waals surface area contributed by atoms with Crippen molar-refractivity contribution < 1.29 is 4.39 Å². The average Bonchev–Trinajstić information content (AvgIpc) is 3.09. The second-order valence-electron chi connectivity index (χ2n) is 5.80. The second kappa shape index (κ2) is 6.24. The van der Waals surface area contributed by atoms with E-state index in [4.69, 9.17) is 0 Å². The van der Waals surface area contributed by atoms with Gasteiger partial charge in [-0.2, -0.15) is 0 Å². The smallest absolute Gasteiger partial charge is 0.123 e. The van der Waals surface area contributed by atoms with Crippen molar-refractivity contribution in [1.82, 2.24) is 15.0 Å². The molecule has 4 heteroatoms. The number of benzene rings is 2. The number of aromatic amines is 1. The predicted molar refractivity (Wildman–Crippen MR) is 93.1 cm³/mol. The van der Waals surface area contributed by atoms with E-state index in [9.17, 15) is 4.39 Å². The van der Waals surface area contributed by atoms with E-state index >= 15 is 0 Å². The van der Waals surface area contributed by atoms with Gasteiger partial charge in [-0.15, -0.1) is 0 Å². The summed E-state index contributed by atoms with van der Waals surface area (Å²) in [4.78, 5) is 11.9. The van der Waals surface area contributed by atoms with Crippen molar-refractivity contribution in [2.75, 3.05) is 0 Å². The second-order valence-corrected chi connectivity index (χ2v) is 5.80. The van der Waals surface area contributed by atoms with Crippen LogP contribution >= 0.6 is 0 Å². The van der Waals surface area contributed by atoms with Crippen molar-refractivity contribution >= 4 is 11.0 Å². The van der Waals surface area contributed by atoms with Crippen molar-refractivity contribution in [2.24, 2.45) is 0 Å². The number of aryl methyl sites for hydroxylation is 2. The maximum absolute atomic E-state index is 12.9. The topological polar surface area (TPSA) is 41.6 Å². The van der Waals surface area contributed by atoms with Crippen molar-refractivity contribution in [2.45, 2.75) is 12.8 Å². The summed E-state index contributed by atoms with van der Waals surface area (Å²) in [7, 11) is 0. The summed E-state index contributed by atoms with van der Waals surface area (Å²) in [5.74, 6) is -0.199. The third-order valence-electron chi connectivity index (χ3n) is 4.16. The summed E-state index contributed by atoms with van der Waals surface area (Å²) in [6.45, 7) is 0. The highest BCUT2D eigenvalue weighted by atomic mass is 19.1. The Morgan fingerprint density at radius 2 is 1.67 bits per heavy atom. The van der Waals surface area contributed by atoms with Crippen LogP contribution < -0.4 is 0 Å². The first kappa shape index (κ1) is 14.6. The van der Waals surface area contributed by atoms with Gasteiger partial charge >= 0.3 is 0 Å². The molecule has 0 unspecified atom stereocenters. The number of rotatable bonds is 4. The Kier molecular flexibility index (Phi) is 3.79. The van der Waals surface area contributed by atoms with E-state index in [1.54, 1.807) is 6.33 Å². The van der Waals surface area contributed by atoms with Crippen LogP contribution in [0.1, 0.15) is 11.3 Å². The zero-order chi connectivity index (χ0) is 16.4. The molecule has 0 amide bonds. The number of hydrogen-bond donors (Lipinski definition) is 1. The molecule has 0 fully saturated rings. The molecule has 0 aliphatic rings. The van der Waals surface area contributed by atoms with E-state index in [1.165, 1.54) is 12.1 Å². The summed E-state index contributed by atoms with van der Waals surface area (Å²) in [5.41, 5.74) is 6.33. The van der Waals surface area contributed by atoms with E-state index in [0.717, 1.165) is 46.3 Å². The van der Waals surface area contributed by atoms with Crippen LogP contribution in [0.5, 0.6) is 0 Å². The third kappa shape index (κ3) is 3.04. The van der Waals surface area contributed by atoms with Gasteiger partial charge in [0.15, 0.2) is 0 Å². The van der Waals surface area contributed by atoms with Crippen LogP contribution in [0.3, 0.4) is 0 Å². The fourth-order valence-corrected chi connectivity index (χ4v) is 2.78. The molecule has 0 saturated heterocycles. The molecule has 0 bridgehead atoms. The minimum absolute atomic E-state index is 0.199. The molecule has 1 N–H and O–H groups in total. The number of hydrogen-bond acceptors (Lipinski definition) is 2. The Hall–Kier alpha value is -3.01. The molecule has 118 valence electrons. The zero-order valence-corrected chi connectivity index (χ0v) is 13.0. The fourth-order valence-electron chi connectivity index (χ4n) is 2.78. The normalized spacial score (nSPS) is 11.0. The van der Waals surface area contributed by atoms with E-state index < -0.39 is 0 Å². The lowest BCUT2D eigenvalue weighted by molar-refractivity contribution is 0.627. The van der Waals surface area contributed by atoms with E-state index in [-0.39, 0.29) is 5.82 Å². The highest BCUT2D eigenvalue weighted by Gasteiger charge is 2.03. The van der Waals surface area contributed by atoms with Gasteiger partial charge in [-0.3, -0.25) is 4.98 Å². The first-order valence-electron chi connectivity index (χ1n) is 7.91. The highest BCUT2D eigenvalue weighted by Crippen LogP contribution is 2.22. The minimum atomic E-state index is -0.199. The minimum Gasteiger partial charge on any atom is -0.345 e. The van der Waals surface area contributed by atoms with Crippen molar-refractivity contribution in [3.05, 3.63) is 84.2 Å². The van der Waals surface area contributed by atoms with Gasteiger partial charge in [0.25, 0.3) is 0 Å². The molecule has 0 spiro atoms. The van der Waals surface area contributed by atoms with Crippen LogP contribution in [0.2, 0.25) is 0 Å². The largest absolute Gasteiger partial charge is 0.345 e. The molecule has 0 atom stereocenters. The molecule has 4 rings (SSSR count). The van der Waals surface area contributed by atoms with Gasteiger partial charge in [0.2, 0.25) is 0 Å². The average molecular weight is 317 g/mol. The van der Waals surface area contributed by atoms with Crippen molar-refractivity contribution in [1.29, 1.82) is 0 Å². The van der Waals surface area contributed by atoms with Gasteiger partial charge < -0.3 is 4.98 Å². The Labute approximate surface area is 139 Å². The predicted octanol–water partition coefficient (Wildman–Crippen LogP) is 4.55. The number of fused-ring (bicyclic) bond motifs is 1. The van der Waals surface area contributed by atoms with Crippen LogP contribution in [0.15, 0.2) is 67.1 Å². The van der Waals surface area contributed by atoms with E-state index in [2.05, 4.69) is 39.2 Å². The zero-order valence-electron chi connectivity index (χ0n) is 13.0. The van der Waals surface area contributed by atoms with Crippen LogP contribution in [-0.2, 0) is 12.8 Å². The number of nitrogens with zero attached hydrogens (tertiary/aromatic N) is 2. The number of halogens is 1. The Morgan fingerprint density at radius 3 is 2.46 bits per heavy atom. The number of pyridine rings is 1. The molecule has 2 heterocycles. The Balaban J connectivity index is 1.48. The van der Waals surface area contributed by atoms with Crippen LogP contribution in [0.25, 0.3) is 22.2 Å². The van der Waals surface area contributed by atoms with Crippen molar-refractivity contribution in [3.63, 3.8) is 0 Å². The number of aromatic nitrogens is 3. The first-order chi connectivity index (χ1) is 11.8. The molecule has 24 heavy (non-hydrogen) atoms. The van der Waals surface area contributed by atoms with Gasteiger partial charge in [0.1, 0.15) is 5.82 Å². The van der Waals surface area contributed by atoms with Gasteiger partial charge in [0.05, 0.1) is 17.4 Å². The summed E-state index contributed by atoms with van der Waals surface area (Å²) in [6, 6.07) is 16.9. The van der Waals surface area contributed by atoms with Gasteiger partial charge in [-0.25, -0.2) is 9.37 Å². The SMILES string of the molecule is Fc1ccc(CCc2ccc(-c3ccc4nc[nH]c4c3)cn2)cc1. The lowest BCUT2D eigenvalue weighted by Crippen LogP contribution is -1.94. The quantitative estimate of drug-likeness (QED) is 0.600. The summed E-state index contributed by atoms with van der Waals surface area (Å²) in [5, 5.41) is 0. The maximum Gasteiger partial charge on any atom is 0.123 e. The van der Waals surface area contributed by atoms with Crippen LogP contribution in [-0.4, -0.2) is 15.0 Å². The molecule has 4 aromatic rings. The lowest BCUT2D eigenvalue weighted by Gasteiger charge is -2.05. The summed E-state index contributed by atoms with van der Waals surface area (Å²) < 4.78 is 12.9. The number of nitrogens with one attached hydrogen (secondary N) is 1. The first-order valence-corrected chi connectivity index (χ1v) is 7.91. The molecule has 3 nitrogen and oxygen atoms in total. The van der Waals surface area contributed by atoms with Crippen LogP contribution in [0.4, 0.5) is 4.39 Å². The third-order valence-corrected chi connectivity index (χ3v) is 4.16.